The van der Waals surface area contributed by atoms with Gasteiger partial charge >= 0.3 is 0 Å². The van der Waals surface area contributed by atoms with Crippen LogP contribution < -0.4 is 5.32 Å². The molecule has 0 aliphatic heterocycles. The molecule has 4 heterocycles. The molecule has 0 atom stereocenters. The van der Waals surface area contributed by atoms with Crippen LogP contribution in [-0.2, 0) is 12.8 Å². The zero-order valence-corrected chi connectivity index (χ0v) is 21.1. The molecule has 0 aliphatic carbocycles. The summed E-state index contributed by atoms with van der Waals surface area (Å²) in [6.45, 7) is 0. The Morgan fingerprint density at radius 1 is 0.737 bits per heavy atom. The van der Waals surface area contributed by atoms with Crippen LogP contribution in [0, 0.1) is 0 Å². The topological polar surface area (TPSA) is 93.6 Å². The monoisotopic (exact) mass is 514 g/mol. The van der Waals surface area contributed by atoms with Gasteiger partial charge in [-0.25, -0.2) is 19.9 Å². The molecular formula is C30H22N6OS. The molecule has 1 amide bonds. The Balaban J connectivity index is 1.32. The molecule has 6 rings (SSSR count). The lowest BCUT2D eigenvalue weighted by atomic mass is 10.1. The second-order valence-corrected chi connectivity index (χ2v) is 9.58. The van der Waals surface area contributed by atoms with Crippen LogP contribution >= 0.6 is 11.3 Å². The van der Waals surface area contributed by atoms with Crippen molar-refractivity contribution >= 4 is 33.3 Å². The maximum atomic E-state index is 13.5. The van der Waals surface area contributed by atoms with Gasteiger partial charge in [-0.3, -0.25) is 9.78 Å². The number of fused-ring (bicyclic) bond motifs is 1. The average molecular weight is 515 g/mol. The van der Waals surface area contributed by atoms with Crippen LogP contribution in [0.15, 0.2) is 103 Å². The number of hydrogen-bond donors (Lipinski definition) is 1. The minimum atomic E-state index is -0.310. The second-order valence-electron chi connectivity index (χ2n) is 8.60. The number of aryl methyl sites for hydroxylation is 2. The van der Waals surface area contributed by atoms with Crippen molar-refractivity contribution in [2.45, 2.75) is 12.8 Å². The summed E-state index contributed by atoms with van der Waals surface area (Å²) >= 11 is 1.49. The fraction of sp³-hybridized carbons (Fsp3) is 0.0667. The van der Waals surface area contributed by atoms with Crippen molar-refractivity contribution in [3.05, 3.63) is 120 Å². The van der Waals surface area contributed by atoms with E-state index in [1.165, 1.54) is 11.3 Å². The van der Waals surface area contributed by atoms with Crippen molar-refractivity contribution < 1.29 is 4.79 Å². The molecule has 0 bridgehead atoms. The van der Waals surface area contributed by atoms with Crippen LogP contribution in [0.4, 0.5) is 5.69 Å². The summed E-state index contributed by atoms with van der Waals surface area (Å²) in [5.74, 6) is 0.204. The molecule has 7 nitrogen and oxygen atoms in total. The number of benzene rings is 2. The van der Waals surface area contributed by atoms with Gasteiger partial charge in [-0.05, 0) is 55.3 Å². The van der Waals surface area contributed by atoms with Gasteiger partial charge in [-0.1, -0.05) is 59.9 Å². The number of nitrogens with one attached hydrogen (secondary N) is 1. The molecule has 0 aliphatic rings. The molecule has 0 fully saturated rings. The molecule has 0 unspecified atom stereocenters. The Morgan fingerprint density at radius 2 is 1.53 bits per heavy atom. The van der Waals surface area contributed by atoms with Gasteiger partial charge in [0.25, 0.3) is 5.91 Å². The number of amides is 1. The molecule has 2 aromatic carbocycles. The predicted octanol–water partition coefficient (Wildman–Crippen LogP) is 6.25. The van der Waals surface area contributed by atoms with Gasteiger partial charge in [0.05, 0.1) is 5.69 Å². The van der Waals surface area contributed by atoms with Crippen molar-refractivity contribution in [1.82, 2.24) is 24.9 Å². The first-order valence-corrected chi connectivity index (χ1v) is 13.0. The van der Waals surface area contributed by atoms with Crippen LogP contribution in [0.2, 0.25) is 0 Å². The lowest BCUT2D eigenvalue weighted by Crippen LogP contribution is -2.16. The van der Waals surface area contributed by atoms with Gasteiger partial charge in [0, 0.05) is 34.9 Å². The highest BCUT2D eigenvalue weighted by molar-refractivity contribution is 7.21. The first-order valence-electron chi connectivity index (χ1n) is 12.2. The molecule has 4 aromatic heterocycles. The molecule has 1 N–H and O–H groups in total. The maximum Gasteiger partial charge on any atom is 0.274 e. The van der Waals surface area contributed by atoms with E-state index in [1.54, 1.807) is 18.5 Å². The standard InChI is InChI=1S/C30H22N6OS/c37-28(35-24-13-5-4-12-23(24)29-36-25-14-8-18-32-30(25)38-29)26-19-22(16-15-21-11-6-7-17-31-21)33-27(34-26)20-9-2-1-3-10-20/h1-14,17-19H,15-16H2,(H,35,37). The molecule has 0 radical (unpaired) electrons. The highest BCUT2D eigenvalue weighted by Crippen LogP contribution is 2.33. The summed E-state index contributed by atoms with van der Waals surface area (Å²) in [7, 11) is 0. The number of rotatable bonds is 7. The van der Waals surface area contributed by atoms with Gasteiger partial charge in [0.2, 0.25) is 0 Å². The van der Waals surface area contributed by atoms with Crippen molar-refractivity contribution in [2.24, 2.45) is 0 Å². The number of pyridine rings is 2. The summed E-state index contributed by atoms with van der Waals surface area (Å²) in [4.78, 5) is 37.3. The number of thiazole rings is 1. The molecule has 184 valence electrons. The van der Waals surface area contributed by atoms with E-state index in [2.05, 4.69) is 20.3 Å². The van der Waals surface area contributed by atoms with E-state index >= 15 is 0 Å². The van der Waals surface area contributed by atoms with E-state index in [4.69, 9.17) is 9.97 Å². The number of anilines is 1. The number of carbonyl (C=O) groups excluding carboxylic acids is 1. The molecule has 8 heteroatoms. The molecular weight excluding hydrogens is 492 g/mol. The second kappa shape index (κ2) is 10.7. The van der Waals surface area contributed by atoms with Gasteiger partial charge in [0.15, 0.2) is 5.82 Å². The van der Waals surface area contributed by atoms with E-state index in [0.29, 0.717) is 30.0 Å². The smallest absolute Gasteiger partial charge is 0.274 e. The minimum Gasteiger partial charge on any atom is -0.320 e. The van der Waals surface area contributed by atoms with Crippen molar-refractivity contribution in [3.8, 4) is 22.0 Å². The predicted molar refractivity (Wildman–Crippen MR) is 150 cm³/mol. The third-order valence-electron chi connectivity index (χ3n) is 5.98. The number of nitrogens with zero attached hydrogens (tertiary/aromatic N) is 5. The SMILES string of the molecule is O=C(Nc1ccccc1-c1nc2cccnc2s1)c1cc(CCc2ccccn2)nc(-c2ccccc2)n1. The fourth-order valence-corrected chi connectivity index (χ4v) is 5.06. The number of para-hydroxylation sites is 1. The van der Waals surface area contributed by atoms with E-state index < -0.39 is 0 Å². The Labute approximate surface area is 223 Å². The van der Waals surface area contributed by atoms with E-state index in [0.717, 1.165) is 37.9 Å². The first-order chi connectivity index (χ1) is 18.7. The van der Waals surface area contributed by atoms with Crippen LogP contribution in [0.25, 0.3) is 32.3 Å². The third kappa shape index (κ3) is 5.16. The summed E-state index contributed by atoms with van der Waals surface area (Å²) in [6, 6.07) is 28.7. The third-order valence-corrected chi connectivity index (χ3v) is 6.99. The molecule has 0 saturated heterocycles. The number of hydrogen-bond acceptors (Lipinski definition) is 7. The van der Waals surface area contributed by atoms with Crippen LogP contribution in [0.1, 0.15) is 21.9 Å². The molecule has 38 heavy (non-hydrogen) atoms. The first kappa shape index (κ1) is 23.6. The zero-order valence-electron chi connectivity index (χ0n) is 20.3. The average Bonchev–Trinajstić information content (AvgIpc) is 3.41. The Hall–Kier alpha value is -4.82. The largest absolute Gasteiger partial charge is 0.320 e. The van der Waals surface area contributed by atoms with Crippen LogP contribution in [0.5, 0.6) is 0 Å². The summed E-state index contributed by atoms with van der Waals surface area (Å²) in [6.07, 6.45) is 4.88. The van der Waals surface area contributed by atoms with E-state index in [9.17, 15) is 4.79 Å². The zero-order chi connectivity index (χ0) is 25.7. The van der Waals surface area contributed by atoms with Crippen LogP contribution in [0.3, 0.4) is 0 Å². The van der Waals surface area contributed by atoms with Crippen molar-refractivity contribution in [2.75, 3.05) is 5.32 Å². The van der Waals surface area contributed by atoms with Gasteiger partial charge in [-0.2, -0.15) is 0 Å². The Morgan fingerprint density at radius 3 is 2.37 bits per heavy atom. The molecule has 6 aromatic rings. The lowest BCUT2D eigenvalue weighted by Gasteiger charge is -2.11. The normalized spacial score (nSPS) is 10.9. The van der Waals surface area contributed by atoms with Crippen molar-refractivity contribution in [1.29, 1.82) is 0 Å². The number of carbonyl (C=O) groups is 1. The minimum absolute atomic E-state index is 0.302. The van der Waals surface area contributed by atoms with Crippen LogP contribution in [-0.4, -0.2) is 30.8 Å². The summed E-state index contributed by atoms with van der Waals surface area (Å²) < 4.78 is 0. The highest BCUT2D eigenvalue weighted by Gasteiger charge is 2.17. The quantitative estimate of drug-likeness (QED) is 0.271. The summed E-state index contributed by atoms with van der Waals surface area (Å²) in [5, 5.41) is 3.84. The molecule has 0 saturated carbocycles. The van der Waals surface area contributed by atoms with Crippen molar-refractivity contribution in [3.63, 3.8) is 0 Å². The van der Waals surface area contributed by atoms with Gasteiger partial charge in [0.1, 0.15) is 21.0 Å². The number of aromatic nitrogens is 5. The van der Waals surface area contributed by atoms with Gasteiger partial charge in [-0.15, -0.1) is 0 Å². The van der Waals surface area contributed by atoms with Gasteiger partial charge < -0.3 is 5.32 Å². The Kier molecular flexibility index (Phi) is 6.61. The molecule has 0 spiro atoms. The fourth-order valence-electron chi connectivity index (χ4n) is 4.11. The van der Waals surface area contributed by atoms with E-state index in [-0.39, 0.29) is 5.91 Å². The van der Waals surface area contributed by atoms with E-state index in [1.807, 2.05) is 84.9 Å². The summed E-state index contributed by atoms with van der Waals surface area (Å²) in [5.41, 5.74) is 5.22. The maximum absolute atomic E-state index is 13.5. The highest BCUT2D eigenvalue weighted by atomic mass is 32.1. The Bertz CT molecular complexity index is 1690. The lowest BCUT2D eigenvalue weighted by molar-refractivity contribution is 0.102.